The summed E-state index contributed by atoms with van der Waals surface area (Å²) in [6, 6.07) is 4.56. The minimum absolute atomic E-state index is 0.0248. The highest BCUT2D eigenvalue weighted by molar-refractivity contribution is 5.97. The number of halogens is 1. The van der Waals surface area contributed by atoms with E-state index in [4.69, 9.17) is 0 Å². The minimum atomic E-state index is -0.681. The van der Waals surface area contributed by atoms with E-state index >= 15 is 0 Å². The number of carbonyl (C=O) groups excluding carboxylic acids is 3. The number of amides is 3. The molecule has 1 aliphatic heterocycles. The van der Waals surface area contributed by atoms with Gasteiger partial charge in [0.1, 0.15) is 11.9 Å². The van der Waals surface area contributed by atoms with Crippen LogP contribution in [0.1, 0.15) is 50.9 Å². The molecule has 1 heterocycles. The molecule has 0 radical (unpaired) electrons. The third-order valence-corrected chi connectivity index (χ3v) is 5.99. The van der Waals surface area contributed by atoms with Crippen molar-refractivity contribution < 1.29 is 18.8 Å². The van der Waals surface area contributed by atoms with Gasteiger partial charge in [-0.05, 0) is 62.5 Å². The molecule has 1 unspecified atom stereocenters. The molecule has 1 atom stereocenters. The van der Waals surface area contributed by atoms with Crippen LogP contribution in [0.5, 0.6) is 0 Å². The first-order valence-electron chi connectivity index (χ1n) is 11.7. The van der Waals surface area contributed by atoms with Gasteiger partial charge in [-0.3, -0.25) is 14.4 Å². The molecule has 0 saturated carbocycles. The van der Waals surface area contributed by atoms with E-state index in [2.05, 4.69) is 29.4 Å². The second-order valence-electron chi connectivity index (χ2n) is 10.4. The van der Waals surface area contributed by atoms with Gasteiger partial charge >= 0.3 is 0 Å². The van der Waals surface area contributed by atoms with E-state index in [1.807, 2.05) is 27.9 Å². The average Bonchev–Trinajstić information content (AvgIpc) is 2.74. The summed E-state index contributed by atoms with van der Waals surface area (Å²) in [4.78, 5) is 42.2. The minimum Gasteiger partial charge on any atom is -0.355 e. The van der Waals surface area contributed by atoms with Crippen molar-refractivity contribution >= 4 is 17.7 Å². The molecular weight excluding hydrogens is 423 g/mol. The van der Waals surface area contributed by atoms with E-state index in [1.54, 1.807) is 4.90 Å². The predicted octanol–water partition coefficient (Wildman–Crippen LogP) is 2.52. The van der Waals surface area contributed by atoms with Crippen LogP contribution in [0.2, 0.25) is 0 Å². The number of likely N-dealkylation sites (tertiary alicyclic amines) is 1. The van der Waals surface area contributed by atoms with Gasteiger partial charge in [-0.1, -0.05) is 27.7 Å². The number of benzene rings is 1. The molecular formula is C25H39FN4O3. The number of nitrogens with zero attached hydrogens (tertiary/aromatic N) is 2. The van der Waals surface area contributed by atoms with Gasteiger partial charge in [0, 0.05) is 37.7 Å². The number of nitrogens with one attached hydrogen (secondary N) is 2. The lowest BCUT2D eigenvalue weighted by Gasteiger charge is -2.35. The van der Waals surface area contributed by atoms with Crippen LogP contribution in [0, 0.1) is 23.1 Å². The van der Waals surface area contributed by atoms with Crippen LogP contribution in [-0.4, -0.2) is 73.8 Å². The molecule has 1 aromatic rings. The van der Waals surface area contributed by atoms with Crippen LogP contribution in [0.3, 0.4) is 0 Å². The zero-order chi connectivity index (χ0) is 24.8. The SMILES string of the molecule is CC(C)C(NC(=O)c1ccc(F)cc1)C(=O)N1CCC(C(=O)NCC(C)(C)CN(C)C)CC1. The Morgan fingerprint density at radius 3 is 2.21 bits per heavy atom. The first kappa shape index (κ1) is 26.8. The van der Waals surface area contributed by atoms with Gasteiger partial charge in [-0.2, -0.15) is 0 Å². The van der Waals surface area contributed by atoms with Crippen molar-refractivity contribution in [1.29, 1.82) is 0 Å². The topological polar surface area (TPSA) is 81.8 Å². The standard InChI is InChI=1S/C25H39FN4O3/c1-17(2)21(28-23(32)18-7-9-20(26)10-8-18)24(33)30-13-11-19(12-14-30)22(31)27-15-25(3,4)16-29(5)6/h7-10,17,19,21H,11-16H2,1-6H3,(H,27,31)(H,28,32). The third-order valence-electron chi connectivity index (χ3n) is 5.99. The third kappa shape index (κ3) is 8.11. The monoisotopic (exact) mass is 462 g/mol. The molecule has 184 valence electrons. The van der Waals surface area contributed by atoms with E-state index in [1.165, 1.54) is 24.3 Å². The van der Waals surface area contributed by atoms with Crippen LogP contribution in [-0.2, 0) is 9.59 Å². The van der Waals surface area contributed by atoms with Gasteiger partial charge in [0.15, 0.2) is 0 Å². The molecule has 1 saturated heterocycles. The summed E-state index contributed by atoms with van der Waals surface area (Å²) in [7, 11) is 4.03. The van der Waals surface area contributed by atoms with E-state index < -0.39 is 17.8 Å². The number of hydrogen-bond donors (Lipinski definition) is 2. The van der Waals surface area contributed by atoms with Gasteiger partial charge in [0.2, 0.25) is 11.8 Å². The van der Waals surface area contributed by atoms with Crippen LogP contribution in [0.15, 0.2) is 24.3 Å². The molecule has 33 heavy (non-hydrogen) atoms. The Morgan fingerprint density at radius 1 is 1.12 bits per heavy atom. The largest absolute Gasteiger partial charge is 0.355 e. The smallest absolute Gasteiger partial charge is 0.251 e. The molecule has 8 heteroatoms. The van der Waals surface area contributed by atoms with E-state index in [-0.39, 0.29) is 29.1 Å². The van der Waals surface area contributed by atoms with Crippen molar-refractivity contribution in [3.63, 3.8) is 0 Å². The highest BCUT2D eigenvalue weighted by atomic mass is 19.1. The summed E-state index contributed by atoms with van der Waals surface area (Å²) in [6.07, 6.45) is 1.20. The van der Waals surface area contributed by atoms with Crippen LogP contribution >= 0.6 is 0 Å². The zero-order valence-corrected chi connectivity index (χ0v) is 20.8. The highest BCUT2D eigenvalue weighted by Gasteiger charge is 2.33. The van der Waals surface area contributed by atoms with E-state index in [0.29, 0.717) is 38.0 Å². The number of hydrogen-bond acceptors (Lipinski definition) is 4. The van der Waals surface area contributed by atoms with Crippen molar-refractivity contribution in [3.8, 4) is 0 Å². The van der Waals surface area contributed by atoms with Gasteiger partial charge in [0.05, 0.1) is 0 Å². The Labute approximate surface area is 197 Å². The Hall–Kier alpha value is -2.48. The Morgan fingerprint density at radius 2 is 1.70 bits per heavy atom. The molecule has 2 rings (SSSR count). The summed E-state index contributed by atoms with van der Waals surface area (Å²) in [5, 5.41) is 5.88. The maximum Gasteiger partial charge on any atom is 0.251 e. The second kappa shape index (κ2) is 11.6. The van der Waals surface area contributed by atoms with E-state index in [9.17, 15) is 18.8 Å². The van der Waals surface area contributed by atoms with Gasteiger partial charge in [-0.15, -0.1) is 0 Å². The quantitative estimate of drug-likeness (QED) is 0.591. The van der Waals surface area contributed by atoms with Crippen LogP contribution in [0.25, 0.3) is 0 Å². The lowest BCUT2D eigenvalue weighted by molar-refractivity contribution is -0.138. The number of rotatable bonds is 9. The van der Waals surface area contributed by atoms with Gasteiger partial charge < -0.3 is 20.4 Å². The molecule has 3 amide bonds. The van der Waals surface area contributed by atoms with Crippen LogP contribution < -0.4 is 10.6 Å². The molecule has 1 fully saturated rings. The number of carbonyl (C=O) groups is 3. The van der Waals surface area contributed by atoms with Crippen LogP contribution in [0.4, 0.5) is 4.39 Å². The van der Waals surface area contributed by atoms with Crippen molar-refractivity contribution in [2.75, 3.05) is 40.3 Å². The molecule has 0 aromatic heterocycles. The summed E-state index contributed by atoms with van der Waals surface area (Å²) < 4.78 is 13.1. The molecule has 0 bridgehead atoms. The molecule has 7 nitrogen and oxygen atoms in total. The molecule has 1 aromatic carbocycles. The fraction of sp³-hybridized carbons (Fsp3) is 0.640. The average molecular weight is 463 g/mol. The summed E-state index contributed by atoms with van der Waals surface area (Å²) in [6.45, 7) is 10.4. The number of piperidine rings is 1. The fourth-order valence-corrected chi connectivity index (χ4v) is 4.28. The van der Waals surface area contributed by atoms with Gasteiger partial charge in [-0.25, -0.2) is 4.39 Å². The molecule has 0 spiro atoms. The van der Waals surface area contributed by atoms with Crippen molar-refractivity contribution in [3.05, 3.63) is 35.6 Å². The summed E-state index contributed by atoms with van der Waals surface area (Å²) in [5.74, 6) is -1.16. The normalized spacial score (nSPS) is 16.1. The molecule has 2 N–H and O–H groups in total. The fourth-order valence-electron chi connectivity index (χ4n) is 4.28. The molecule has 0 aliphatic carbocycles. The Bertz CT molecular complexity index is 815. The van der Waals surface area contributed by atoms with Crippen molar-refractivity contribution in [2.45, 2.75) is 46.6 Å². The molecule has 1 aliphatic rings. The zero-order valence-electron chi connectivity index (χ0n) is 20.8. The maximum atomic E-state index is 13.1. The van der Waals surface area contributed by atoms with Crippen molar-refractivity contribution in [2.24, 2.45) is 17.3 Å². The first-order valence-corrected chi connectivity index (χ1v) is 11.7. The van der Waals surface area contributed by atoms with Crippen molar-refractivity contribution in [1.82, 2.24) is 20.4 Å². The van der Waals surface area contributed by atoms with Gasteiger partial charge in [0.25, 0.3) is 5.91 Å². The predicted molar refractivity (Wildman–Crippen MR) is 127 cm³/mol. The lowest BCUT2D eigenvalue weighted by atomic mass is 9.91. The maximum absolute atomic E-state index is 13.1. The van der Waals surface area contributed by atoms with E-state index in [0.717, 1.165) is 6.54 Å². The highest BCUT2D eigenvalue weighted by Crippen LogP contribution is 2.21. The first-order chi connectivity index (χ1) is 15.4. The summed E-state index contributed by atoms with van der Waals surface area (Å²) >= 11 is 0. The second-order valence-corrected chi connectivity index (χ2v) is 10.4. The lowest BCUT2D eigenvalue weighted by Crippen LogP contribution is -2.54. The Kier molecular flexibility index (Phi) is 9.40. The Balaban J connectivity index is 1.89. The summed E-state index contributed by atoms with van der Waals surface area (Å²) in [5.41, 5.74) is 0.283.